The van der Waals surface area contributed by atoms with E-state index in [0.717, 1.165) is 0 Å². The first-order valence-corrected chi connectivity index (χ1v) is 9.38. The van der Waals surface area contributed by atoms with Gasteiger partial charge in [0.15, 0.2) is 0 Å². The van der Waals surface area contributed by atoms with Crippen molar-refractivity contribution in [1.82, 2.24) is 0 Å². The fourth-order valence-electron chi connectivity index (χ4n) is 2.99. The van der Waals surface area contributed by atoms with Crippen LogP contribution < -0.4 is 16.3 Å². The van der Waals surface area contributed by atoms with Crippen molar-refractivity contribution in [1.29, 1.82) is 0 Å². The van der Waals surface area contributed by atoms with E-state index in [1.807, 2.05) is 0 Å². The van der Waals surface area contributed by atoms with Crippen molar-refractivity contribution in [3.05, 3.63) is 96.6 Å². The van der Waals surface area contributed by atoms with Gasteiger partial charge in [0, 0.05) is 11.7 Å². The minimum atomic E-state index is -0.555. The van der Waals surface area contributed by atoms with Crippen LogP contribution >= 0.6 is 7.92 Å². The highest BCUT2D eigenvalue weighted by molar-refractivity contribution is 7.73. The average Bonchev–Trinajstić information content (AvgIpc) is 2.61. The van der Waals surface area contributed by atoms with E-state index in [2.05, 4.69) is 97.9 Å². The van der Waals surface area contributed by atoms with E-state index < -0.39 is 7.92 Å². The van der Waals surface area contributed by atoms with Gasteiger partial charge in [0.2, 0.25) is 0 Å². The summed E-state index contributed by atoms with van der Waals surface area (Å²) in [5, 5.41) is 2.75. The molecular formula is C21H22NP. The minimum absolute atomic E-state index is 0.0870. The van der Waals surface area contributed by atoms with Crippen molar-refractivity contribution in [2.24, 2.45) is 5.73 Å². The van der Waals surface area contributed by atoms with Crippen LogP contribution in [-0.2, 0) is 0 Å². The Labute approximate surface area is 139 Å². The molecule has 3 aromatic rings. The summed E-state index contributed by atoms with van der Waals surface area (Å²) in [4.78, 5) is 0. The largest absolute Gasteiger partial charge is 0.327 e. The highest BCUT2D eigenvalue weighted by Gasteiger charge is 2.28. The molecule has 0 aliphatic carbocycles. The zero-order chi connectivity index (χ0) is 16.1. The van der Waals surface area contributed by atoms with Gasteiger partial charge in [-0.05, 0) is 31.0 Å². The summed E-state index contributed by atoms with van der Waals surface area (Å²) in [6.45, 7) is 2.12. The molecular weight excluding hydrogens is 297 g/mol. The first-order chi connectivity index (χ1) is 11.3. The van der Waals surface area contributed by atoms with E-state index in [1.54, 1.807) is 0 Å². The molecule has 0 saturated heterocycles. The standard InChI is InChI=1S/C21H22NP/c1-17(22)21(18-11-5-2-6-12-18)23(19-13-7-3-8-14-19)20-15-9-4-10-16-20/h2-17,21H,22H2,1H3/t17-,21+/m0/s1. The second kappa shape index (κ2) is 7.55. The molecule has 23 heavy (non-hydrogen) atoms. The number of benzene rings is 3. The predicted octanol–water partition coefficient (Wildman–Crippen LogP) is 4.21. The topological polar surface area (TPSA) is 26.0 Å². The van der Waals surface area contributed by atoms with E-state index >= 15 is 0 Å². The fraction of sp³-hybridized carbons (Fsp3) is 0.143. The van der Waals surface area contributed by atoms with Crippen LogP contribution in [0.4, 0.5) is 0 Å². The predicted molar refractivity (Wildman–Crippen MR) is 102 cm³/mol. The van der Waals surface area contributed by atoms with Gasteiger partial charge in [0.25, 0.3) is 0 Å². The van der Waals surface area contributed by atoms with Crippen LogP contribution in [0.15, 0.2) is 91.0 Å². The Kier molecular flexibility index (Phi) is 5.23. The summed E-state index contributed by atoms with van der Waals surface area (Å²) < 4.78 is 0. The monoisotopic (exact) mass is 319 g/mol. The lowest BCUT2D eigenvalue weighted by Crippen LogP contribution is -2.29. The molecule has 0 heterocycles. The van der Waals surface area contributed by atoms with Gasteiger partial charge >= 0.3 is 0 Å². The molecule has 116 valence electrons. The summed E-state index contributed by atoms with van der Waals surface area (Å²) >= 11 is 0. The Bertz CT molecular complexity index is 671. The molecule has 2 N–H and O–H groups in total. The first kappa shape index (κ1) is 15.9. The van der Waals surface area contributed by atoms with Crippen LogP contribution in [0.25, 0.3) is 0 Å². The molecule has 3 aromatic carbocycles. The summed E-state index contributed by atoms with van der Waals surface area (Å²) in [7, 11) is -0.555. The Morgan fingerprint density at radius 2 is 1.04 bits per heavy atom. The maximum Gasteiger partial charge on any atom is 0.0271 e. The third-order valence-electron chi connectivity index (χ3n) is 3.99. The zero-order valence-corrected chi connectivity index (χ0v) is 14.2. The Balaban J connectivity index is 2.13. The highest BCUT2D eigenvalue weighted by atomic mass is 31.1. The number of rotatable bonds is 5. The SMILES string of the molecule is C[C@H](N)[C@H](c1ccccc1)P(c1ccccc1)c1ccccc1. The third-order valence-corrected chi connectivity index (χ3v) is 7.02. The second-order valence-electron chi connectivity index (χ2n) is 5.76. The van der Waals surface area contributed by atoms with Gasteiger partial charge in [-0.1, -0.05) is 91.0 Å². The van der Waals surface area contributed by atoms with E-state index in [-0.39, 0.29) is 6.04 Å². The molecule has 0 aliphatic heterocycles. The second-order valence-corrected chi connectivity index (χ2v) is 8.08. The lowest BCUT2D eigenvalue weighted by atomic mass is 10.1. The summed E-state index contributed by atoms with van der Waals surface area (Å²) in [6.07, 6.45) is 0. The smallest absolute Gasteiger partial charge is 0.0271 e. The van der Waals surface area contributed by atoms with E-state index in [9.17, 15) is 0 Å². The molecule has 2 heteroatoms. The van der Waals surface area contributed by atoms with Crippen LogP contribution in [0.1, 0.15) is 18.1 Å². The van der Waals surface area contributed by atoms with Gasteiger partial charge in [0.1, 0.15) is 0 Å². The van der Waals surface area contributed by atoms with Crippen molar-refractivity contribution in [3.8, 4) is 0 Å². The summed E-state index contributed by atoms with van der Waals surface area (Å²) in [5.74, 6) is 0. The van der Waals surface area contributed by atoms with Gasteiger partial charge in [-0.15, -0.1) is 0 Å². The van der Waals surface area contributed by atoms with Crippen LogP contribution in [0.2, 0.25) is 0 Å². The van der Waals surface area contributed by atoms with Gasteiger partial charge in [-0.3, -0.25) is 0 Å². The summed E-state index contributed by atoms with van der Waals surface area (Å²) in [6, 6.07) is 32.3. The molecule has 3 rings (SSSR count). The molecule has 1 nitrogen and oxygen atoms in total. The molecule has 0 amide bonds. The molecule has 0 unspecified atom stereocenters. The number of nitrogens with two attached hydrogens (primary N) is 1. The lowest BCUT2D eigenvalue weighted by molar-refractivity contribution is 0.716. The van der Waals surface area contributed by atoms with Crippen LogP contribution in [0.5, 0.6) is 0 Å². The maximum atomic E-state index is 6.46. The highest BCUT2D eigenvalue weighted by Crippen LogP contribution is 2.50. The molecule has 0 radical (unpaired) electrons. The number of hydrogen-bond acceptors (Lipinski definition) is 1. The van der Waals surface area contributed by atoms with E-state index in [1.165, 1.54) is 16.2 Å². The van der Waals surface area contributed by atoms with Crippen LogP contribution in [0, 0.1) is 0 Å². The van der Waals surface area contributed by atoms with Gasteiger partial charge in [-0.25, -0.2) is 0 Å². The first-order valence-electron chi connectivity index (χ1n) is 7.97. The fourth-order valence-corrected chi connectivity index (χ4v) is 5.85. The molecule has 0 aromatic heterocycles. The normalized spacial score (nSPS) is 13.7. The van der Waals surface area contributed by atoms with E-state index in [4.69, 9.17) is 5.73 Å². The minimum Gasteiger partial charge on any atom is -0.327 e. The molecule has 0 aliphatic rings. The Morgan fingerprint density at radius 1 is 0.652 bits per heavy atom. The van der Waals surface area contributed by atoms with Gasteiger partial charge in [0.05, 0.1) is 0 Å². The molecule has 0 fully saturated rings. The molecule has 2 atom stereocenters. The van der Waals surface area contributed by atoms with Crippen molar-refractivity contribution in [2.45, 2.75) is 18.6 Å². The zero-order valence-electron chi connectivity index (χ0n) is 13.3. The molecule has 0 saturated carbocycles. The van der Waals surface area contributed by atoms with Crippen molar-refractivity contribution < 1.29 is 0 Å². The van der Waals surface area contributed by atoms with Crippen molar-refractivity contribution in [3.63, 3.8) is 0 Å². The Hall–Kier alpha value is -1.95. The quantitative estimate of drug-likeness (QED) is 0.701. The Morgan fingerprint density at radius 3 is 1.43 bits per heavy atom. The lowest BCUT2D eigenvalue weighted by Gasteiger charge is -2.32. The molecule has 0 bridgehead atoms. The number of hydrogen-bond donors (Lipinski definition) is 1. The van der Waals surface area contributed by atoms with E-state index in [0.29, 0.717) is 5.66 Å². The van der Waals surface area contributed by atoms with Crippen LogP contribution in [-0.4, -0.2) is 6.04 Å². The third kappa shape index (κ3) is 3.69. The van der Waals surface area contributed by atoms with Gasteiger partial charge < -0.3 is 5.73 Å². The van der Waals surface area contributed by atoms with Crippen LogP contribution in [0.3, 0.4) is 0 Å². The maximum absolute atomic E-state index is 6.46. The summed E-state index contributed by atoms with van der Waals surface area (Å²) in [5.41, 5.74) is 8.08. The molecule has 0 spiro atoms. The van der Waals surface area contributed by atoms with Gasteiger partial charge in [-0.2, -0.15) is 0 Å². The van der Waals surface area contributed by atoms with Crippen molar-refractivity contribution >= 4 is 18.5 Å². The average molecular weight is 319 g/mol. The van der Waals surface area contributed by atoms with Crippen molar-refractivity contribution in [2.75, 3.05) is 0 Å².